The molecule has 7 heteroatoms. The summed E-state index contributed by atoms with van der Waals surface area (Å²) >= 11 is 0. The second-order valence-electron chi connectivity index (χ2n) is 10.5. The molecular weight excluding hydrogens is 440 g/mol. The van der Waals surface area contributed by atoms with Crippen molar-refractivity contribution < 1.29 is 14.6 Å². The number of β-amino-alcohol motifs (C(OH)–C–C–N with tert-alkyl or cyclic N) is 1. The van der Waals surface area contributed by atoms with Crippen molar-refractivity contribution in [3.8, 4) is 11.8 Å². The van der Waals surface area contributed by atoms with Gasteiger partial charge in [-0.25, -0.2) is 4.79 Å². The zero-order valence-electron chi connectivity index (χ0n) is 20.6. The number of benzene rings is 2. The molecule has 0 atom stereocenters. The highest BCUT2D eigenvalue weighted by Crippen LogP contribution is 2.49. The van der Waals surface area contributed by atoms with Crippen molar-refractivity contribution in [1.82, 2.24) is 10.2 Å². The Morgan fingerprint density at radius 3 is 2.37 bits per heavy atom. The SMILES string of the molecule is CNC1(c2ccccc2)CCC2(CC1)CN(c1ccc(C#N)cc1OC)C(=O)N2CC1(O)CCC1. The molecule has 2 N–H and O–H groups in total. The summed E-state index contributed by atoms with van der Waals surface area (Å²) in [5.41, 5.74) is 1.14. The van der Waals surface area contributed by atoms with Gasteiger partial charge in [-0.15, -0.1) is 0 Å². The zero-order chi connectivity index (χ0) is 24.7. The second-order valence-corrected chi connectivity index (χ2v) is 10.5. The first-order valence-electron chi connectivity index (χ1n) is 12.5. The molecule has 2 aliphatic carbocycles. The number of nitrogens with one attached hydrogen (secondary N) is 1. The minimum absolute atomic E-state index is 0.0926. The van der Waals surface area contributed by atoms with E-state index in [9.17, 15) is 15.2 Å². The van der Waals surface area contributed by atoms with Crippen molar-refractivity contribution in [2.45, 2.75) is 61.6 Å². The molecule has 184 valence electrons. The number of rotatable bonds is 6. The molecule has 2 aromatic rings. The van der Waals surface area contributed by atoms with Crippen LogP contribution >= 0.6 is 0 Å². The number of hydrogen-bond acceptors (Lipinski definition) is 5. The Hall–Kier alpha value is -3.08. The maximum Gasteiger partial charge on any atom is 0.325 e. The fraction of sp³-hybridized carbons (Fsp3) is 0.500. The number of urea groups is 1. The van der Waals surface area contributed by atoms with Crippen molar-refractivity contribution in [2.24, 2.45) is 0 Å². The predicted octanol–water partition coefficient (Wildman–Crippen LogP) is 4.15. The molecule has 2 aromatic carbocycles. The monoisotopic (exact) mass is 474 g/mol. The molecule has 1 saturated heterocycles. The molecule has 2 saturated carbocycles. The molecule has 0 aromatic heterocycles. The number of aliphatic hydroxyl groups is 1. The number of nitriles is 1. The van der Waals surface area contributed by atoms with E-state index >= 15 is 0 Å². The Kier molecular flexibility index (Phi) is 5.98. The van der Waals surface area contributed by atoms with Gasteiger partial charge in [-0.3, -0.25) is 4.90 Å². The molecule has 1 heterocycles. The number of carbonyl (C=O) groups excluding carboxylic acids is 1. The first-order chi connectivity index (χ1) is 16.9. The van der Waals surface area contributed by atoms with Crippen molar-refractivity contribution >= 4 is 11.7 Å². The lowest BCUT2D eigenvalue weighted by molar-refractivity contribution is -0.0690. The molecule has 2 amide bonds. The quantitative estimate of drug-likeness (QED) is 0.657. The van der Waals surface area contributed by atoms with Gasteiger partial charge in [-0.2, -0.15) is 5.26 Å². The lowest BCUT2D eigenvalue weighted by Crippen LogP contribution is -2.59. The van der Waals surface area contributed by atoms with Gasteiger partial charge in [0.15, 0.2) is 0 Å². The number of carbonyl (C=O) groups is 1. The number of methoxy groups -OCH3 is 1. The van der Waals surface area contributed by atoms with Crippen LogP contribution < -0.4 is 15.0 Å². The lowest BCUT2D eigenvalue weighted by Gasteiger charge is -2.50. The third-order valence-corrected chi connectivity index (χ3v) is 8.66. The number of nitrogens with zero attached hydrogens (tertiary/aromatic N) is 3. The van der Waals surface area contributed by atoms with Gasteiger partial charge in [0.25, 0.3) is 0 Å². The highest BCUT2D eigenvalue weighted by atomic mass is 16.5. The molecule has 1 spiro atoms. The summed E-state index contributed by atoms with van der Waals surface area (Å²) in [6.07, 6.45) is 5.92. The first-order valence-corrected chi connectivity index (χ1v) is 12.5. The molecule has 0 radical (unpaired) electrons. The van der Waals surface area contributed by atoms with E-state index < -0.39 is 5.60 Å². The van der Waals surface area contributed by atoms with E-state index in [-0.39, 0.29) is 17.1 Å². The normalized spacial score (nSPS) is 27.5. The van der Waals surface area contributed by atoms with Crippen molar-refractivity contribution in [2.75, 3.05) is 32.1 Å². The summed E-state index contributed by atoms with van der Waals surface area (Å²) in [7, 11) is 3.58. The van der Waals surface area contributed by atoms with Crippen LogP contribution in [0.4, 0.5) is 10.5 Å². The minimum Gasteiger partial charge on any atom is -0.495 e. The zero-order valence-corrected chi connectivity index (χ0v) is 20.6. The van der Waals surface area contributed by atoms with Crippen LogP contribution in [-0.4, -0.2) is 54.4 Å². The molecule has 0 unspecified atom stereocenters. The molecule has 3 aliphatic rings. The third-order valence-electron chi connectivity index (χ3n) is 8.66. The van der Waals surface area contributed by atoms with E-state index in [2.05, 4.69) is 35.7 Å². The van der Waals surface area contributed by atoms with E-state index in [0.29, 0.717) is 30.1 Å². The fourth-order valence-electron chi connectivity index (χ4n) is 6.24. The van der Waals surface area contributed by atoms with Crippen LogP contribution in [0.3, 0.4) is 0 Å². The molecule has 0 bridgehead atoms. The first kappa shape index (κ1) is 23.7. The standard InChI is InChI=1S/C28H34N4O3/c1-30-28(22-7-4-3-5-8-22)15-13-26(14-16-28)19-31(23-10-9-21(18-29)17-24(23)35-2)25(33)32(26)20-27(34)11-6-12-27/h3-5,7-10,17,30,34H,6,11-16,19-20H2,1-2H3. The van der Waals surface area contributed by atoms with Gasteiger partial charge < -0.3 is 20.1 Å². The van der Waals surface area contributed by atoms with E-state index in [1.165, 1.54) is 5.56 Å². The molecule has 1 aliphatic heterocycles. The Bertz CT molecular complexity index is 1130. The lowest BCUT2D eigenvalue weighted by atomic mass is 9.68. The molecule has 5 rings (SSSR count). The number of anilines is 1. The number of ether oxygens (including phenoxy) is 1. The maximum atomic E-state index is 13.9. The van der Waals surface area contributed by atoms with Crippen molar-refractivity contribution in [3.05, 3.63) is 59.7 Å². The Morgan fingerprint density at radius 1 is 1.09 bits per heavy atom. The Balaban J connectivity index is 1.48. The van der Waals surface area contributed by atoms with E-state index in [4.69, 9.17) is 4.74 Å². The highest BCUT2D eigenvalue weighted by molar-refractivity contribution is 5.97. The van der Waals surface area contributed by atoms with Crippen LogP contribution in [-0.2, 0) is 5.54 Å². The average Bonchev–Trinajstić information content (AvgIpc) is 3.14. The van der Waals surface area contributed by atoms with E-state index in [1.807, 2.05) is 18.0 Å². The van der Waals surface area contributed by atoms with Gasteiger partial charge >= 0.3 is 6.03 Å². The summed E-state index contributed by atoms with van der Waals surface area (Å²) < 4.78 is 5.58. The van der Waals surface area contributed by atoms with Crippen LogP contribution in [0.1, 0.15) is 56.1 Å². The third kappa shape index (κ3) is 3.95. The summed E-state index contributed by atoms with van der Waals surface area (Å²) in [6, 6.07) is 17.8. The maximum absolute atomic E-state index is 13.9. The van der Waals surface area contributed by atoms with E-state index in [0.717, 1.165) is 44.9 Å². The largest absolute Gasteiger partial charge is 0.495 e. The fourth-order valence-corrected chi connectivity index (χ4v) is 6.24. The predicted molar refractivity (Wildman–Crippen MR) is 134 cm³/mol. The highest BCUT2D eigenvalue weighted by Gasteiger charge is 2.56. The van der Waals surface area contributed by atoms with Gasteiger partial charge in [0.05, 0.1) is 48.7 Å². The van der Waals surface area contributed by atoms with Gasteiger partial charge in [-0.1, -0.05) is 30.3 Å². The van der Waals surface area contributed by atoms with Crippen molar-refractivity contribution in [1.29, 1.82) is 5.26 Å². The number of hydrogen-bond donors (Lipinski definition) is 2. The molecular formula is C28H34N4O3. The summed E-state index contributed by atoms with van der Waals surface area (Å²) in [5.74, 6) is 0.515. The van der Waals surface area contributed by atoms with Crippen LogP contribution in [0.15, 0.2) is 48.5 Å². The molecule has 35 heavy (non-hydrogen) atoms. The second kappa shape index (κ2) is 8.85. The minimum atomic E-state index is -0.801. The van der Waals surface area contributed by atoms with Gasteiger partial charge in [0, 0.05) is 11.6 Å². The Morgan fingerprint density at radius 2 is 1.80 bits per heavy atom. The van der Waals surface area contributed by atoms with Crippen LogP contribution in [0.5, 0.6) is 5.75 Å². The smallest absolute Gasteiger partial charge is 0.325 e. The molecule has 3 fully saturated rings. The van der Waals surface area contributed by atoms with Gasteiger partial charge in [0.2, 0.25) is 0 Å². The average molecular weight is 475 g/mol. The summed E-state index contributed by atoms with van der Waals surface area (Å²) in [4.78, 5) is 17.7. The van der Waals surface area contributed by atoms with Gasteiger partial charge in [0.1, 0.15) is 5.75 Å². The van der Waals surface area contributed by atoms with Crippen LogP contribution in [0.25, 0.3) is 0 Å². The van der Waals surface area contributed by atoms with Crippen molar-refractivity contribution in [3.63, 3.8) is 0 Å². The topological polar surface area (TPSA) is 88.8 Å². The summed E-state index contributed by atoms with van der Waals surface area (Å²) in [6.45, 7) is 0.900. The Labute approximate surface area is 207 Å². The van der Waals surface area contributed by atoms with Gasteiger partial charge in [-0.05, 0) is 69.7 Å². The van der Waals surface area contributed by atoms with Crippen LogP contribution in [0.2, 0.25) is 0 Å². The number of amides is 2. The van der Waals surface area contributed by atoms with E-state index in [1.54, 1.807) is 30.2 Å². The molecule has 7 nitrogen and oxygen atoms in total. The summed E-state index contributed by atoms with van der Waals surface area (Å²) in [5, 5.41) is 24.0. The van der Waals surface area contributed by atoms with Crippen LogP contribution in [0, 0.1) is 11.3 Å².